The quantitative estimate of drug-likeness (QED) is 0.208. The van der Waals surface area contributed by atoms with Crippen LogP contribution in [0.3, 0.4) is 0 Å². The molecule has 4 aromatic rings. The van der Waals surface area contributed by atoms with Gasteiger partial charge >= 0.3 is 90.4 Å². The maximum absolute atomic E-state index is 9.46. The number of hydrogen-bond donors (Lipinski definition) is 2. The van der Waals surface area contributed by atoms with Gasteiger partial charge in [-0.25, -0.2) is 0 Å². The first-order chi connectivity index (χ1) is 13.8. The molecule has 8 heteroatoms. The molecule has 0 aliphatic heterocycles. The van der Waals surface area contributed by atoms with Crippen LogP contribution >= 0.6 is 17.0 Å². The summed E-state index contributed by atoms with van der Waals surface area (Å²) in [5, 5.41) is 5.32. The molecule has 0 atom stereocenters. The van der Waals surface area contributed by atoms with Crippen LogP contribution in [0.5, 0.6) is 0 Å². The van der Waals surface area contributed by atoms with Gasteiger partial charge in [0.25, 0.3) is 0 Å². The fourth-order valence-corrected chi connectivity index (χ4v) is 2.92. The molecule has 0 aromatic heterocycles. The maximum atomic E-state index is 9.46. The van der Waals surface area contributed by atoms with Crippen molar-refractivity contribution in [1.82, 2.24) is 6.61 Å². The van der Waals surface area contributed by atoms with E-state index in [0.717, 1.165) is 0 Å². The van der Waals surface area contributed by atoms with Crippen molar-refractivity contribution in [2.75, 3.05) is 0 Å². The van der Waals surface area contributed by atoms with E-state index in [0.29, 0.717) is 12.8 Å². The number of amides is 2. The summed E-state index contributed by atoms with van der Waals surface area (Å²) in [5.41, 5.74) is 0. The third kappa shape index (κ3) is 10.5. The number of carbonyl (C=O) groups excluding carboxylic acids is 2. The summed E-state index contributed by atoms with van der Waals surface area (Å²) in [7, 11) is 9.87. The second-order valence-corrected chi connectivity index (χ2v) is 11.6. The molecule has 0 aliphatic carbocycles. The van der Waals surface area contributed by atoms with Crippen LogP contribution < -0.4 is 6.61 Å². The number of carbonyl (C=O) groups is 2. The van der Waals surface area contributed by atoms with E-state index in [2.05, 4.69) is 91.5 Å². The fraction of sp³-hybridized carbons (Fsp3) is 0. The standard InChI is InChI=1S/2C9H7.2CH3NO.2ClH.In.Zr/c2*1-2-5-9-7-3-6-8(9)4-1;2*2-1-3;;;;/h2*1-7H;2*1H,(H2,2,3);2*1H;;/q2*-1;;;;;+2;+4/p-4. The van der Waals surface area contributed by atoms with E-state index in [9.17, 15) is 9.59 Å². The van der Waals surface area contributed by atoms with Crippen LogP contribution in [-0.4, -0.2) is 36.3 Å². The largest absolute Gasteiger partial charge is 0.168 e. The van der Waals surface area contributed by atoms with E-state index in [1.807, 2.05) is 0 Å². The molecule has 0 saturated heterocycles. The van der Waals surface area contributed by atoms with Crippen molar-refractivity contribution in [3.8, 4) is 0 Å². The zero-order chi connectivity index (χ0) is 20.5. The van der Waals surface area contributed by atoms with Gasteiger partial charge in [0.2, 0.25) is 0 Å². The topological polar surface area (TPSA) is 58.2 Å². The van der Waals surface area contributed by atoms with Crippen LogP contribution in [0.4, 0.5) is 0 Å². The molecule has 0 heterocycles. The normalized spacial score (nSPS) is 8.50. The summed E-state index contributed by atoms with van der Waals surface area (Å²) in [6, 6.07) is 29.3. The van der Waals surface area contributed by atoms with E-state index in [-0.39, 0.29) is 0 Å². The van der Waals surface area contributed by atoms with Crippen LogP contribution in [0.1, 0.15) is 0 Å². The first kappa shape index (κ1) is 25.0. The Morgan fingerprint density at radius 1 is 0.750 bits per heavy atom. The Kier molecular flexibility index (Phi) is 15.0. The third-order valence-electron chi connectivity index (χ3n) is 3.40. The molecule has 4 rings (SSSR count). The predicted molar refractivity (Wildman–Crippen MR) is 115 cm³/mol. The molecule has 0 bridgehead atoms. The molecule has 28 heavy (non-hydrogen) atoms. The van der Waals surface area contributed by atoms with Crippen LogP contribution in [0.15, 0.2) is 84.9 Å². The van der Waals surface area contributed by atoms with Crippen molar-refractivity contribution in [2.45, 2.75) is 0 Å². The van der Waals surface area contributed by atoms with Crippen molar-refractivity contribution in [3.05, 3.63) is 84.9 Å². The summed E-state index contributed by atoms with van der Waals surface area (Å²) in [6.45, 7) is 0. The molecule has 4 nitrogen and oxygen atoms in total. The van der Waals surface area contributed by atoms with Crippen molar-refractivity contribution < 1.29 is 30.4 Å². The fourth-order valence-electron chi connectivity index (χ4n) is 2.26. The van der Waals surface area contributed by atoms with Crippen LogP contribution in [0.2, 0.25) is 0 Å². The van der Waals surface area contributed by atoms with Gasteiger partial charge in [0.05, 0.1) is 0 Å². The van der Waals surface area contributed by atoms with E-state index < -0.39 is 44.3 Å². The van der Waals surface area contributed by atoms with Crippen molar-refractivity contribution in [3.63, 3.8) is 0 Å². The first-order valence-electron chi connectivity index (χ1n) is 8.15. The molecular formula is C20H18Cl2InN2O2Zr. The van der Waals surface area contributed by atoms with Crippen molar-refractivity contribution in [1.29, 1.82) is 0 Å². The smallest absolute Gasteiger partial charge is 0.0809 e. The minimum atomic E-state index is -1.20. The number of rotatable bonds is 4. The Balaban J connectivity index is 0.000000199. The molecule has 0 saturated carbocycles. The summed E-state index contributed by atoms with van der Waals surface area (Å²) in [4.78, 5) is 18.9. The van der Waals surface area contributed by atoms with Gasteiger partial charge in [-0.1, -0.05) is 12.1 Å². The van der Waals surface area contributed by atoms with Gasteiger partial charge in [-0.05, 0) is 0 Å². The van der Waals surface area contributed by atoms with Gasteiger partial charge in [-0.15, -0.1) is 59.3 Å². The Morgan fingerprint density at radius 3 is 1.50 bits per heavy atom. The van der Waals surface area contributed by atoms with Gasteiger partial charge in [0, 0.05) is 0 Å². The number of halogens is 2. The molecule has 141 valence electrons. The first-order valence-corrected chi connectivity index (χ1v) is 17.8. The van der Waals surface area contributed by atoms with Crippen molar-refractivity contribution in [2.24, 2.45) is 0 Å². The summed E-state index contributed by atoms with van der Waals surface area (Å²) >= 11 is -2.03. The molecule has 2 N–H and O–H groups in total. The monoisotopic (exact) mass is 593 g/mol. The Bertz CT molecular complexity index is 796. The molecule has 4 aromatic carbocycles. The summed E-state index contributed by atoms with van der Waals surface area (Å²) < 4.78 is 4.83. The van der Waals surface area contributed by atoms with Gasteiger partial charge in [-0.3, -0.25) is 0 Å². The SMILES string of the molecule is O=C[NH][In][NH]C=O.[Cl][Zr+2][Cl].c1ccc2[cH-]ccc2c1.c1ccc2[cH-]ccc2c1. The van der Waals surface area contributed by atoms with Gasteiger partial charge in [0.1, 0.15) is 0 Å². The summed E-state index contributed by atoms with van der Waals surface area (Å²) in [5.74, 6) is 0. The number of fused-ring (bicyclic) bond motifs is 2. The molecule has 0 spiro atoms. The number of hydrogen-bond acceptors (Lipinski definition) is 2. The Labute approximate surface area is 195 Å². The molecule has 0 fully saturated rings. The van der Waals surface area contributed by atoms with Gasteiger partial charge in [0.15, 0.2) is 0 Å². The third-order valence-corrected chi connectivity index (χ3v) is 5.13. The minimum absolute atomic E-state index is 0.595. The average Bonchev–Trinajstić information content (AvgIpc) is 3.39. The van der Waals surface area contributed by atoms with E-state index in [1.54, 1.807) is 0 Å². The molecule has 0 unspecified atom stereocenters. The van der Waals surface area contributed by atoms with Gasteiger partial charge in [-0.2, -0.15) is 35.0 Å². The Morgan fingerprint density at radius 2 is 1.14 bits per heavy atom. The van der Waals surface area contributed by atoms with E-state index >= 15 is 0 Å². The molecule has 0 aliphatic rings. The van der Waals surface area contributed by atoms with E-state index in [4.69, 9.17) is 17.0 Å². The molecular weight excluding hydrogens is 577 g/mol. The molecule has 1 radical (unpaired) electrons. The minimum Gasteiger partial charge on any atom is -0.168 e. The van der Waals surface area contributed by atoms with Gasteiger partial charge < -0.3 is 0 Å². The zero-order valence-corrected chi connectivity index (χ0v) is 22.2. The number of nitrogens with one attached hydrogen (secondary N) is 2. The average molecular weight is 595 g/mol. The van der Waals surface area contributed by atoms with E-state index in [1.165, 1.54) is 21.5 Å². The predicted octanol–water partition coefficient (Wildman–Crippen LogP) is 4.51. The zero-order valence-electron chi connectivity index (χ0n) is 14.9. The second kappa shape index (κ2) is 16.8. The van der Waals surface area contributed by atoms with Crippen LogP contribution in [0.25, 0.3) is 21.5 Å². The summed E-state index contributed by atoms with van der Waals surface area (Å²) in [6.07, 6.45) is 1.19. The second-order valence-electron chi connectivity index (χ2n) is 5.09. The van der Waals surface area contributed by atoms with Crippen molar-refractivity contribution >= 4 is 74.9 Å². The van der Waals surface area contributed by atoms with Crippen LogP contribution in [-0.2, 0) is 30.4 Å². The Hall–Kier alpha value is -1.07. The number of benzene rings is 2. The van der Waals surface area contributed by atoms with Crippen LogP contribution in [0, 0.1) is 0 Å². The molecule has 2 amide bonds. The maximum Gasteiger partial charge on any atom is -0.0809 e.